The largest absolute Gasteiger partial charge is 0.476 e. The van der Waals surface area contributed by atoms with Crippen molar-refractivity contribution >= 4 is 17.0 Å². The lowest BCUT2D eigenvalue weighted by Crippen LogP contribution is -2.03. The minimum absolute atomic E-state index is 0.105. The molecule has 0 fully saturated rings. The lowest BCUT2D eigenvalue weighted by atomic mass is 10.2. The summed E-state index contributed by atoms with van der Waals surface area (Å²) in [6, 6.07) is 6.61. The number of pyridine rings is 2. The summed E-state index contributed by atoms with van der Waals surface area (Å²) in [7, 11) is 0. The van der Waals surface area contributed by atoms with Crippen LogP contribution in [0.2, 0.25) is 0 Å². The van der Waals surface area contributed by atoms with Crippen LogP contribution in [0, 0.1) is 5.95 Å². The first kappa shape index (κ1) is 13.2. The van der Waals surface area contributed by atoms with Crippen molar-refractivity contribution in [2.75, 3.05) is 12.3 Å². The number of nitrogens with two attached hydrogens (primary N) is 1. The molecule has 3 rings (SSSR count). The Morgan fingerprint density at radius 1 is 1.19 bits per heavy atom. The van der Waals surface area contributed by atoms with Gasteiger partial charge in [0, 0.05) is 6.20 Å². The van der Waals surface area contributed by atoms with Crippen LogP contribution in [0.5, 0.6) is 5.88 Å². The third-order valence-electron chi connectivity index (χ3n) is 2.84. The second-order valence-electron chi connectivity index (χ2n) is 4.23. The third kappa shape index (κ3) is 2.45. The standard InChI is InChI=1S/C14H12FN5O/c1-2-21-13-11-10(19-14(16)20-13)6-5-9(18-11)8-4-3-7-17-12(8)15/h3-7H,2H2,1H3,(H2,16,19,20). The first-order valence-corrected chi connectivity index (χ1v) is 6.37. The second kappa shape index (κ2) is 5.28. The summed E-state index contributed by atoms with van der Waals surface area (Å²) >= 11 is 0. The fraction of sp³-hybridized carbons (Fsp3) is 0.143. The molecule has 0 atom stereocenters. The molecule has 0 aliphatic carbocycles. The maximum atomic E-state index is 13.8. The van der Waals surface area contributed by atoms with Crippen LogP contribution in [0.15, 0.2) is 30.5 Å². The molecule has 3 aromatic heterocycles. The van der Waals surface area contributed by atoms with E-state index in [1.807, 2.05) is 6.92 Å². The summed E-state index contributed by atoms with van der Waals surface area (Å²) < 4.78 is 19.2. The lowest BCUT2D eigenvalue weighted by Gasteiger charge is -2.08. The number of nitrogen functional groups attached to an aromatic ring is 1. The molecule has 0 aliphatic heterocycles. The molecule has 0 aliphatic rings. The van der Waals surface area contributed by atoms with Gasteiger partial charge in [0.15, 0.2) is 5.52 Å². The molecule has 0 bridgehead atoms. The number of anilines is 1. The Morgan fingerprint density at radius 3 is 2.81 bits per heavy atom. The van der Waals surface area contributed by atoms with E-state index in [0.717, 1.165) is 0 Å². The van der Waals surface area contributed by atoms with Crippen LogP contribution in [-0.4, -0.2) is 26.5 Å². The Balaban J connectivity index is 2.22. The zero-order valence-electron chi connectivity index (χ0n) is 11.2. The molecular formula is C14H12FN5O. The fourth-order valence-corrected chi connectivity index (χ4v) is 1.97. The molecule has 0 saturated carbocycles. The molecular weight excluding hydrogens is 273 g/mol. The zero-order chi connectivity index (χ0) is 14.8. The summed E-state index contributed by atoms with van der Waals surface area (Å²) in [5.41, 5.74) is 7.34. The van der Waals surface area contributed by atoms with E-state index in [0.29, 0.717) is 28.9 Å². The number of nitrogens with zero attached hydrogens (tertiary/aromatic N) is 4. The Bertz CT molecular complexity index is 808. The minimum atomic E-state index is -0.585. The van der Waals surface area contributed by atoms with Crippen molar-refractivity contribution < 1.29 is 9.13 Å². The summed E-state index contributed by atoms with van der Waals surface area (Å²) in [6.07, 6.45) is 1.38. The summed E-state index contributed by atoms with van der Waals surface area (Å²) in [5.74, 6) is -0.196. The highest BCUT2D eigenvalue weighted by molar-refractivity contribution is 5.83. The highest BCUT2D eigenvalue weighted by Gasteiger charge is 2.12. The first-order valence-electron chi connectivity index (χ1n) is 6.37. The van der Waals surface area contributed by atoms with Crippen molar-refractivity contribution in [2.24, 2.45) is 0 Å². The molecule has 2 N–H and O–H groups in total. The lowest BCUT2D eigenvalue weighted by molar-refractivity contribution is 0.330. The molecule has 0 amide bonds. The highest BCUT2D eigenvalue weighted by Crippen LogP contribution is 2.26. The van der Waals surface area contributed by atoms with E-state index in [1.54, 1.807) is 24.3 Å². The summed E-state index contributed by atoms with van der Waals surface area (Å²) in [6.45, 7) is 2.24. The summed E-state index contributed by atoms with van der Waals surface area (Å²) in [5, 5.41) is 0. The monoisotopic (exact) mass is 285 g/mol. The normalized spacial score (nSPS) is 10.8. The molecule has 0 spiro atoms. The average Bonchev–Trinajstić information content (AvgIpc) is 2.48. The number of halogens is 1. The number of hydrogen-bond donors (Lipinski definition) is 1. The van der Waals surface area contributed by atoms with Crippen LogP contribution >= 0.6 is 0 Å². The van der Waals surface area contributed by atoms with Gasteiger partial charge in [0.2, 0.25) is 17.8 Å². The first-order chi connectivity index (χ1) is 10.2. The van der Waals surface area contributed by atoms with Crippen molar-refractivity contribution in [2.45, 2.75) is 6.92 Å². The van der Waals surface area contributed by atoms with Crippen LogP contribution in [0.25, 0.3) is 22.3 Å². The van der Waals surface area contributed by atoms with E-state index < -0.39 is 5.95 Å². The SMILES string of the molecule is CCOc1nc(N)nc2ccc(-c3cccnc3F)nc12. The minimum Gasteiger partial charge on any atom is -0.476 e. The number of rotatable bonds is 3. The number of fused-ring (bicyclic) bond motifs is 1. The molecule has 106 valence electrons. The highest BCUT2D eigenvalue weighted by atomic mass is 19.1. The molecule has 3 heterocycles. The smallest absolute Gasteiger partial charge is 0.245 e. The average molecular weight is 285 g/mol. The Morgan fingerprint density at radius 2 is 2.05 bits per heavy atom. The molecule has 0 radical (unpaired) electrons. The fourth-order valence-electron chi connectivity index (χ4n) is 1.97. The molecule has 21 heavy (non-hydrogen) atoms. The second-order valence-corrected chi connectivity index (χ2v) is 4.23. The Kier molecular flexibility index (Phi) is 3.31. The van der Waals surface area contributed by atoms with E-state index in [-0.39, 0.29) is 11.8 Å². The van der Waals surface area contributed by atoms with Crippen LogP contribution in [0.3, 0.4) is 0 Å². The van der Waals surface area contributed by atoms with Gasteiger partial charge in [0.05, 0.1) is 23.4 Å². The van der Waals surface area contributed by atoms with E-state index in [1.165, 1.54) is 6.20 Å². The van der Waals surface area contributed by atoms with Gasteiger partial charge < -0.3 is 10.5 Å². The van der Waals surface area contributed by atoms with Crippen molar-refractivity contribution in [3.05, 3.63) is 36.4 Å². The van der Waals surface area contributed by atoms with Crippen molar-refractivity contribution in [3.8, 4) is 17.1 Å². The summed E-state index contributed by atoms with van der Waals surface area (Å²) in [4.78, 5) is 16.1. The van der Waals surface area contributed by atoms with Gasteiger partial charge in [-0.15, -0.1) is 0 Å². The van der Waals surface area contributed by atoms with Crippen LogP contribution in [0.1, 0.15) is 6.92 Å². The quantitative estimate of drug-likeness (QED) is 0.742. The number of aromatic nitrogens is 4. The van der Waals surface area contributed by atoms with Gasteiger partial charge in [-0.2, -0.15) is 9.37 Å². The van der Waals surface area contributed by atoms with Gasteiger partial charge in [0.1, 0.15) is 0 Å². The molecule has 0 unspecified atom stereocenters. The molecule has 3 aromatic rings. The molecule has 7 heteroatoms. The predicted octanol–water partition coefficient (Wildman–Crippen LogP) is 2.21. The van der Waals surface area contributed by atoms with Crippen LogP contribution < -0.4 is 10.5 Å². The predicted molar refractivity (Wildman–Crippen MR) is 76.1 cm³/mol. The maximum Gasteiger partial charge on any atom is 0.245 e. The van der Waals surface area contributed by atoms with Crippen LogP contribution in [-0.2, 0) is 0 Å². The topological polar surface area (TPSA) is 86.8 Å². The molecule has 0 saturated heterocycles. The van der Waals surface area contributed by atoms with Gasteiger partial charge in [0.25, 0.3) is 0 Å². The number of ether oxygens (including phenoxy) is 1. The van der Waals surface area contributed by atoms with Crippen LogP contribution in [0.4, 0.5) is 10.3 Å². The Hall–Kier alpha value is -2.83. The van der Waals surface area contributed by atoms with E-state index in [2.05, 4.69) is 19.9 Å². The van der Waals surface area contributed by atoms with E-state index in [9.17, 15) is 4.39 Å². The zero-order valence-corrected chi connectivity index (χ0v) is 11.2. The van der Waals surface area contributed by atoms with Gasteiger partial charge in [-0.1, -0.05) is 0 Å². The van der Waals surface area contributed by atoms with Gasteiger partial charge in [-0.3, -0.25) is 0 Å². The maximum absolute atomic E-state index is 13.8. The Labute approximate surface area is 119 Å². The van der Waals surface area contributed by atoms with Crippen molar-refractivity contribution in [1.29, 1.82) is 0 Å². The number of hydrogen-bond acceptors (Lipinski definition) is 6. The molecule has 6 nitrogen and oxygen atoms in total. The van der Waals surface area contributed by atoms with Gasteiger partial charge in [-0.05, 0) is 31.2 Å². The van der Waals surface area contributed by atoms with Crippen molar-refractivity contribution in [3.63, 3.8) is 0 Å². The van der Waals surface area contributed by atoms with Gasteiger partial charge >= 0.3 is 0 Å². The third-order valence-corrected chi connectivity index (χ3v) is 2.84. The van der Waals surface area contributed by atoms with E-state index >= 15 is 0 Å². The van der Waals surface area contributed by atoms with E-state index in [4.69, 9.17) is 10.5 Å². The van der Waals surface area contributed by atoms with Crippen molar-refractivity contribution in [1.82, 2.24) is 19.9 Å². The van der Waals surface area contributed by atoms with Gasteiger partial charge in [-0.25, -0.2) is 15.0 Å². The molecule has 0 aromatic carbocycles.